The van der Waals surface area contributed by atoms with E-state index in [1.807, 2.05) is 6.07 Å². The first-order chi connectivity index (χ1) is 13.1. The van der Waals surface area contributed by atoms with Gasteiger partial charge in [0.1, 0.15) is 0 Å². The van der Waals surface area contributed by atoms with Crippen LogP contribution in [0.15, 0.2) is 18.2 Å². The number of nitrogens with two attached hydrogens (primary N) is 1. The summed E-state index contributed by atoms with van der Waals surface area (Å²) in [6.45, 7) is 0.740. The Morgan fingerprint density at radius 2 is 1.86 bits per heavy atom. The van der Waals surface area contributed by atoms with Crippen LogP contribution in [0.5, 0.6) is 0 Å². The number of benzene rings is 1. The summed E-state index contributed by atoms with van der Waals surface area (Å²) in [5.74, 6) is 1.05. The summed E-state index contributed by atoms with van der Waals surface area (Å²) in [5, 5.41) is 3.21. The van der Waals surface area contributed by atoms with Crippen LogP contribution in [0.25, 0.3) is 0 Å². The molecule has 0 aromatic heterocycles. The number of halogens is 1. The molecular weight excluding hydrogens is 376 g/mol. The van der Waals surface area contributed by atoms with Crippen molar-refractivity contribution in [1.29, 1.82) is 0 Å². The molecule has 5 nitrogen and oxygen atoms in total. The van der Waals surface area contributed by atoms with Crippen molar-refractivity contribution in [3.05, 3.63) is 34.9 Å². The Balaban J connectivity index is 0.00000280. The number of ether oxygens (including phenoxy) is 1. The van der Waals surface area contributed by atoms with Crippen LogP contribution in [-0.2, 0) is 22.4 Å². The molecule has 1 aromatic rings. The van der Waals surface area contributed by atoms with E-state index in [4.69, 9.17) is 10.5 Å². The molecule has 0 heterocycles. The van der Waals surface area contributed by atoms with Gasteiger partial charge < -0.3 is 15.8 Å². The Morgan fingerprint density at radius 1 is 1.11 bits per heavy atom. The number of carbonyl (C=O) groups is 2. The largest absolute Gasteiger partial charge is 0.469 e. The van der Waals surface area contributed by atoms with Crippen molar-refractivity contribution in [2.45, 2.75) is 63.8 Å². The van der Waals surface area contributed by atoms with Crippen LogP contribution >= 0.6 is 12.4 Å². The van der Waals surface area contributed by atoms with Crippen molar-refractivity contribution in [3.8, 4) is 0 Å². The average molecular weight is 409 g/mol. The maximum Gasteiger partial charge on any atom is 0.305 e. The van der Waals surface area contributed by atoms with Crippen molar-refractivity contribution in [2.24, 2.45) is 17.6 Å². The topological polar surface area (TPSA) is 81.4 Å². The number of aryl methyl sites for hydroxylation is 1. The maximum absolute atomic E-state index is 12.7. The second-order valence-electron chi connectivity index (χ2n) is 8.13. The first-order valence-corrected chi connectivity index (χ1v) is 10.3. The highest BCUT2D eigenvalue weighted by Gasteiger charge is 2.24. The van der Waals surface area contributed by atoms with Crippen LogP contribution in [-0.4, -0.2) is 31.6 Å². The van der Waals surface area contributed by atoms with Gasteiger partial charge in [0.2, 0.25) is 0 Å². The van der Waals surface area contributed by atoms with Gasteiger partial charge in [0, 0.05) is 18.0 Å². The van der Waals surface area contributed by atoms with Crippen LogP contribution in [0.3, 0.4) is 0 Å². The minimum atomic E-state index is -0.129. The van der Waals surface area contributed by atoms with Crippen molar-refractivity contribution in [3.63, 3.8) is 0 Å². The van der Waals surface area contributed by atoms with E-state index in [1.165, 1.54) is 18.2 Å². The van der Waals surface area contributed by atoms with Crippen LogP contribution in [0.4, 0.5) is 0 Å². The van der Waals surface area contributed by atoms with Crippen LogP contribution in [0.2, 0.25) is 0 Å². The van der Waals surface area contributed by atoms with Crippen LogP contribution in [0.1, 0.15) is 66.4 Å². The lowest BCUT2D eigenvalue weighted by molar-refractivity contribution is -0.141. The van der Waals surface area contributed by atoms with Gasteiger partial charge in [-0.15, -0.1) is 12.4 Å². The highest BCUT2D eigenvalue weighted by molar-refractivity contribution is 5.94. The molecule has 3 rings (SSSR count). The molecular formula is C22H33ClN2O3. The van der Waals surface area contributed by atoms with Gasteiger partial charge in [0.05, 0.1) is 7.11 Å². The van der Waals surface area contributed by atoms with Gasteiger partial charge in [0.15, 0.2) is 0 Å². The van der Waals surface area contributed by atoms with E-state index in [2.05, 4.69) is 17.4 Å². The zero-order valence-electron chi connectivity index (χ0n) is 16.7. The number of esters is 1. The fourth-order valence-corrected chi connectivity index (χ4v) is 4.46. The summed E-state index contributed by atoms with van der Waals surface area (Å²) >= 11 is 0. The molecule has 0 bridgehead atoms. The Bertz CT molecular complexity index is 672. The zero-order chi connectivity index (χ0) is 19.2. The summed E-state index contributed by atoms with van der Waals surface area (Å²) in [6.07, 6.45) is 8.65. The number of rotatable bonds is 6. The Hall–Kier alpha value is -1.59. The van der Waals surface area contributed by atoms with Gasteiger partial charge in [-0.1, -0.05) is 6.07 Å². The summed E-state index contributed by atoms with van der Waals surface area (Å²) in [5.41, 5.74) is 9.23. The first-order valence-electron chi connectivity index (χ1n) is 10.3. The van der Waals surface area contributed by atoms with E-state index in [1.54, 1.807) is 0 Å². The summed E-state index contributed by atoms with van der Waals surface area (Å²) < 4.78 is 4.71. The highest BCUT2D eigenvalue weighted by Crippen LogP contribution is 2.29. The minimum Gasteiger partial charge on any atom is -0.469 e. The molecule has 3 N–H and O–H groups in total. The second kappa shape index (κ2) is 10.8. The SMILES string of the molecule is COC(=O)CCC1CCC(NC(=O)c2ccc3c(c2)CCC(CN)C3)CC1.Cl. The van der Waals surface area contributed by atoms with Gasteiger partial charge >= 0.3 is 5.97 Å². The molecule has 1 unspecified atom stereocenters. The van der Waals surface area contributed by atoms with Crippen molar-refractivity contribution >= 4 is 24.3 Å². The molecule has 1 aromatic carbocycles. The quantitative estimate of drug-likeness (QED) is 0.706. The summed E-state index contributed by atoms with van der Waals surface area (Å²) in [4.78, 5) is 23.9. The van der Waals surface area contributed by atoms with E-state index in [-0.39, 0.29) is 30.3 Å². The Kier molecular flexibility index (Phi) is 8.77. The third-order valence-electron chi connectivity index (χ3n) is 6.30. The number of hydrogen-bond acceptors (Lipinski definition) is 4. The molecule has 1 fully saturated rings. The lowest BCUT2D eigenvalue weighted by Crippen LogP contribution is -2.37. The van der Waals surface area contributed by atoms with Gasteiger partial charge in [-0.2, -0.15) is 0 Å². The van der Waals surface area contributed by atoms with E-state index in [0.717, 1.165) is 63.5 Å². The molecule has 2 aliphatic carbocycles. The standard InChI is InChI=1S/C22H32N2O3.ClH/c1-27-21(25)11-5-15-3-9-20(10-4-15)24-22(26)19-8-7-17-12-16(14-23)2-6-18(17)13-19;/h7-8,13,15-16,20H,2-6,9-12,14,23H2,1H3,(H,24,26);1H. The number of amides is 1. The van der Waals surface area contributed by atoms with Gasteiger partial charge in [-0.3, -0.25) is 9.59 Å². The third-order valence-corrected chi connectivity index (χ3v) is 6.30. The normalized spacial score (nSPS) is 23.9. The molecule has 1 atom stereocenters. The van der Waals surface area contributed by atoms with Crippen LogP contribution < -0.4 is 11.1 Å². The molecule has 1 amide bonds. The number of fused-ring (bicyclic) bond motifs is 1. The fourth-order valence-electron chi connectivity index (χ4n) is 4.46. The van der Waals surface area contributed by atoms with Gasteiger partial charge in [0.25, 0.3) is 5.91 Å². The first kappa shape index (κ1) is 22.7. The second-order valence-corrected chi connectivity index (χ2v) is 8.13. The monoisotopic (exact) mass is 408 g/mol. The van der Waals surface area contributed by atoms with Crippen molar-refractivity contribution < 1.29 is 14.3 Å². The van der Waals surface area contributed by atoms with E-state index >= 15 is 0 Å². The van der Waals surface area contributed by atoms with Gasteiger partial charge in [-0.25, -0.2) is 0 Å². The number of carbonyl (C=O) groups excluding carboxylic acids is 2. The smallest absolute Gasteiger partial charge is 0.305 e. The minimum absolute atomic E-state index is 0. The molecule has 156 valence electrons. The Morgan fingerprint density at radius 3 is 2.54 bits per heavy atom. The predicted octanol–water partition coefficient (Wildman–Crippen LogP) is 3.41. The van der Waals surface area contributed by atoms with Crippen molar-refractivity contribution in [2.75, 3.05) is 13.7 Å². The van der Waals surface area contributed by atoms with E-state index in [0.29, 0.717) is 18.3 Å². The molecule has 1 saturated carbocycles. The fraction of sp³-hybridized carbons (Fsp3) is 0.636. The molecule has 0 aliphatic heterocycles. The molecule has 28 heavy (non-hydrogen) atoms. The third kappa shape index (κ3) is 5.95. The number of methoxy groups -OCH3 is 1. The molecule has 0 spiro atoms. The lowest BCUT2D eigenvalue weighted by atomic mass is 9.82. The predicted molar refractivity (Wildman–Crippen MR) is 113 cm³/mol. The molecule has 0 radical (unpaired) electrons. The number of nitrogens with one attached hydrogen (secondary N) is 1. The summed E-state index contributed by atoms with van der Waals surface area (Å²) in [7, 11) is 1.44. The maximum atomic E-state index is 12.7. The summed E-state index contributed by atoms with van der Waals surface area (Å²) in [6, 6.07) is 6.37. The lowest BCUT2D eigenvalue weighted by Gasteiger charge is -2.29. The van der Waals surface area contributed by atoms with Gasteiger partial charge in [-0.05, 0) is 93.0 Å². The van der Waals surface area contributed by atoms with Crippen LogP contribution in [0, 0.1) is 11.8 Å². The molecule has 2 aliphatic rings. The highest BCUT2D eigenvalue weighted by atomic mass is 35.5. The van der Waals surface area contributed by atoms with Crippen molar-refractivity contribution in [1.82, 2.24) is 5.32 Å². The molecule has 6 heteroatoms. The average Bonchev–Trinajstić information content (AvgIpc) is 2.72. The van der Waals surface area contributed by atoms with E-state index < -0.39 is 0 Å². The number of hydrogen-bond donors (Lipinski definition) is 2. The molecule has 0 saturated heterocycles. The zero-order valence-corrected chi connectivity index (χ0v) is 17.6. The Labute approximate surface area is 174 Å². The van der Waals surface area contributed by atoms with E-state index in [9.17, 15) is 9.59 Å².